The van der Waals surface area contributed by atoms with Crippen molar-refractivity contribution in [2.24, 2.45) is 4.99 Å². The standard InChI is InChI=1S/C21H30N4O3S.HI/c1-5-16-8-9-17(29-16)13-25-21(22-3)24-12-15-7-10-18(19(11-15)27-4)28-14-20(26)23-6-2;/h7-11H,5-6,12-14H2,1-4H3,(H,23,26)(H2,22,24,25);1H. The van der Waals surface area contributed by atoms with Crippen LogP contribution in [0.4, 0.5) is 0 Å². The topological polar surface area (TPSA) is 84.0 Å². The van der Waals surface area contributed by atoms with Crippen LogP contribution in [0.2, 0.25) is 0 Å². The van der Waals surface area contributed by atoms with E-state index in [9.17, 15) is 4.79 Å². The van der Waals surface area contributed by atoms with Crippen molar-refractivity contribution in [2.75, 3.05) is 27.3 Å². The number of thiophene rings is 1. The number of methoxy groups -OCH3 is 1. The van der Waals surface area contributed by atoms with E-state index in [0.717, 1.165) is 24.5 Å². The van der Waals surface area contributed by atoms with Gasteiger partial charge in [0.15, 0.2) is 24.1 Å². The van der Waals surface area contributed by atoms with Crippen LogP contribution in [0.3, 0.4) is 0 Å². The lowest BCUT2D eigenvalue weighted by atomic mass is 10.2. The molecule has 1 amide bonds. The molecule has 0 unspecified atom stereocenters. The molecule has 0 saturated heterocycles. The molecular weight excluding hydrogens is 515 g/mol. The average molecular weight is 546 g/mol. The molecule has 7 nitrogen and oxygen atoms in total. The number of aliphatic imine (C=N–C) groups is 1. The van der Waals surface area contributed by atoms with E-state index in [1.165, 1.54) is 9.75 Å². The van der Waals surface area contributed by atoms with Gasteiger partial charge in [0.25, 0.3) is 5.91 Å². The number of hydrogen-bond donors (Lipinski definition) is 3. The van der Waals surface area contributed by atoms with Gasteiger partial charge >= 0.3 is 0 Å². The van der Waals surface area contributed by atoms with Crippen LogP contribution >= 0.6 is 35.3 Å². The van der Waals surface area contributed by atoms with Gasteiger partial charge in [0.05, 0.1) is 13.7 Å². The van der Waals surface area contributed by atoms with E-state index in [4.69, 9.17) is 9.47 Å². The molecule has 0 fully saturated rings. The summed E-state index contributed by atoms with van der Waals surface area (Å²) in [6.45, 7) is 5.88. The van der Waals surface area contributed by atoms with Gasteiger partial charge < -0.3 is 25.4 Å². The number of carbonyl (C=O) groups is 1. The minimum Gasteiger partial charge on any atom is -0.493 e. The first-order chi connectivity index (χ1) is 14.1. The number of nitrogens with one attached hydrogen (secondary N) is 3. The first kappa shape index (κ1) is 26.0. The third-order valence-corrected chi connectivity index (χ3v) is 5.37. The zero-order valence-corrected chi connectivity index (χ0v) is 21.1. The van der Waals surface area contributed by atoms with Gasteiger partial charge in [0.1, 0.15) is 0 Å². The van der Waals surface area contributed by atoms with E-state index >= 15 is 0 Å². The van der Waals surface area contributed by atoms with Crippen LogP contribution in [0, 0.1) is 0 Å². The maximum Gasteiger partial charge on any atom is 0.257 e. The minimum atomic E-state index is -0.160. The van der Waals surface area contributed by atoms with E-state index in [1.807, 2.05) is 36.5 Å². The first-order valence-corrected chi connectivity index (χ1v) is 10.5. The lowest BCUT2D eigenvalue weighted by Crippen LogP contribution is -2.36. The molecule has 0 spiro atoms. The Balaban J connectivity index is 0.00000450. The number of likely N-dealkylation sites (N-methyl/N-ethyl adjacent to an activating group) is 1. The number of amides is 1. The molecule has 0 radical (unpaired) electrons. The molecule has 2 rings (SSSR count). The lowest BCUT2D eigenvalue weighted by Gasteiger charge is -2.14. The summed E-state index contributed by atoms with van der Waals surface area (Å²) >= 11 is 1.81. The average Bonchev–Trinajstić information content (AvgIpc) is 3.21. The van der Waals surface area contributed by atoms with Gasteiger partial charge in [-0.2, -0.15) is 0 Å². The molecule has 166 valence electrons. The SMILES string of the molecule is CCNC(=O)COc1ccc(CNC(=NC)NCc2ccc(CC)s2)cc1OC.I. The van der Waals surface area contributed by atoms with Gasteiger partial charge in [0.2, 0.25) is 0 Å². The summed E-state index contributed by atoms with van der Waals surface area (Å²) in [5.41, 5.74) is 1.01. The number of carbonyl (C=O) groups excluding carboxylic acids is 1. The van der Waals surface area contributed by atoms with Crippen molar-refractivity contribution in [3.63, 3.8) is 0 Å². The largest absolute Gasteiger partial charge is 0.493 e. The molecule has 0 aliphatic carbocycles. The highest BCUT2D eigenvalue weighted by Gasteiger charge is 2.09. The van der Waals surface area contributed by atoms with Crippen LogP contribution < -0.4 is 25.4 Å². The Morgan fingerprint density at radius 2 is 1.77 bits per heavy atom. The summed E-state index contributed by atoms with van der Waals surface area (Å²) < 4.78 is 11.0. The Hall–Kier alpha value is -2.01. The van der Waals surface area contributed by atoms with Crippen molar-refractivity contribution in [3.05, 3.63) is 45.6 Å². The Bertz CT molecular complexity index is 826. The van der Waals surface area contributed by atoms with Crippen LogP contribution in [0.25, 0.3) is 0 Å². The molecule has 2 aromatic rings. The Labute approximate surface area is 199 Å². The molecule has 1 heterocycles. The van der Waals surface area contributed by atoms with Crippen molar-refractivity contribution < 1.29 is 14.3 Å². The maximum absolute atomic E-state index is 11.6. The molecule has 9 heteroatoms. The predicted molar refractivity (Wildman–Crippen MR) is 133 cm³/mol. The van der Waals surface area contributed by atoms with Crippen molar-refractivity contribution in [2.45, 2.75) is 33.4 Å². The molecular formula is C21H31IN4O3S. The number of ether oxygens (including phenoxy) is 2. The number of aryl methyl sites for hydroxylation is 1. The highest BCUT2D eigenvalue weighted by molar-refractivity contribution is 14.0. The highest BCUT2D eigenvalue weighted by Crippen LogP contribution is 2.28. The number of guanidine groups is 1. The Morgan fingerprint density at radius 3 is 2.40 bits per heavy atom. The van der Waals surface area contributed by atoms with E-state index in [2.05, 4.69) is 40.0 Å². The van der Waals surface area contributed by atoms with Gasteiger partial charge in [0, 0.05) is 29.9 Å². The predicted octanol–water partition coefficient (Wildman–Crippen LogP) is 3.32. The molecule has 0 bridgehead atoms. The highest BCUT2D eigenvalue weighted by atomic mass is 127. The number of benzene rings is 1. The van der Waals surface area contributed by atoms with E-state index in [-0.39, 0.29) is 36.5 Å². The molecule has 0 saturated carbocycles. The number of hydrogen-bond acceptors (Lipinski definition) is 5. The van der Waals surface area contributed by atoms with E-state index in [1.54, 1.807) is 14.2 Å². The van der Waals surface area contributed by atoms with Crippen molar-refractivity contribution >= 4 is 47.2 Å². The molecule has 3 N–H and O–H groups in total. The summed E-state index contributed by atoms with van der Waals surface area (Å²) in [4.78, 5) is 18.5. The number of rotatable bonds is 10. The molecule has 0 aliphatic heterocycles. The van der Waals surface area contributed by atoms with Gasteiger partial charge in [-0.05, 0) is 43.2 Å². The molecule has 1 aromatic heterocycles. The van der Waals surface area contributed by atoms with Gasteiger partial charge in [-0.1, -0.05) is 13.0 Å². The Kier molecular flexibility index (Phi) is 12.2. The molecule has 1 aromatic carbocycles. The van der Waals surface area contributed by atoms with Crippen LogP contribution in [0.5, 0.6) is 11.5 Å². The maximum atomic E-state index is 11.6. The van der Waals surface area contributed by atoms with Crippen molar-refractivity contribution in [1.29, 1.82) is 0 Å². The van der Waals surface area contributed by atoms with Crippen molar-refractivity contribution in [3.8, 4) is 11.5 Å². The second-order valence-corrected chi connectivity index (χ2v) is 7.48. The fourth-order valence-electron chi connectivity index (χ4n) is 2.62. The summed E-state index contributed by atoms with van der Waals surface area (Å²) in [6, 6.07) is 9.94. The quantitative estimate of drug-likeness (QED) is 0.242. The lowest BCUT2D eigenvalue weighted by molar-refractivity contribution is -0.123. The van der Waals surface area contributed by atoms with Gasteiger partial charge in [-0.25, -0.2) is 0 Å². The Morgan fingerprint density at radius 1 is 1.03 bits per heavy atom. The molecule has 0 atom stereocenters. The monoisotopic (exact) mass is 546 g/mol. The van der Waals surface area contributed by atoms with Crippen LogP contribution in [0.15, 0.2) is 35.3 Å². The van der Waals surface area contributed by atoms with Crippen LogP contribution in [-0.2, 0) is 24.3 Å². The number of halogens is 1. The number of nitrogens with zero attached hydrogens (tertiary/aromatic N) is 1. The summed E-state index contributed by atoms with van der Waals surface area (Å²) in [7, 11) is 3.33. The van der Waals surface area contributed by atoms with Crippen LogP contribution in [-0.4, -0.2) is 39.2 Å². The third kappa shape index (κ3) is 8.39. The summed E-state index contributed by atoms with van der Waals surface area (Å²) in [6.07, 6.45) is 1.06. The second kappa shape index (κ2) is 14.1. The smallest absolute Gasteiger partial charge is 0.257 e. The summed E-state index contributed by atoms with van der Waals surface area (Å²) in [5.74, 6) is 1.69. The third-order valence-electron chi connectivity index (χ3n) is 4.14. The zero-order chi connectivity index (χ0) is 21.1. The molecule has 0 aliphatic rings. The zero-order valence-electron chi connectivity index (χ0n) is 17.9. The van der Waals surface area contributed by atoms with Crippen molar-refractivity contribution in [1.82, 2.24) is 16.0 Å². The van der Waals surface area contributed by atoms with Crippen LogP contribution in [0.1, 0.15) is 29.2 Å². The first-order valence-electron chi connectivity index (χ1n) is 9.68. The summed E-state index contributed by atoms with van der Waals surface area (Å²) in [5, 5.41) is 9.32. The van der Waals surface area contributed by atoms with E-state index in [0.29, 0.717) is 24.6 Å². The minimum absolute atomic E-state index is 0. The fourth-order valence-corrected chi connectivity index (χ4v) is 3.51. The van der Waals surface area contributed by atoms with Gasteiger partial charge in [-0.3, -0.25) is 9.79 Å². The van der Waals surface area contributed by atoms with E-state index < -0.39 is 0 Å². The molecule has 30 heavy (non-hydrogen) atoms. The normalized spacial score (nSPS) is 10.7. The fraction of sp³-hybridized carbons (Fsp3) is 0.429. The second-order valence-electron chi connectivity index (χ2n) is 6.23. The van der Waals surface area contributed by atoms with Gasteiger partial charge in [-0.15, -0.1) is 35.3 Å².